The molecule has 0 radical (unpaired) electrons. The number of nitrogens with two attached hydrogens (primary N) is 1. The minimum Gasteiger partial charge on any atom is -0.383 e. The van der Waals surface area contributed by atoms with Crippen molar-refractivity contribution >= 4 is 11.5 Å². The smallest absolute Gasteiger partial charge is 0.163 e. The van der Waals surface area contributed by atoms with Gasteiger partial charge in [0.05, 0.1) is 6.20 Å². The molecule has 0 bridgehead atoms. The number of anilines is 1. The standard InChI is InChI=1S/C18H18N6/c1-10-6-11(2)24-18(22-10)15(9-21-24)13-7-16(12-4-3-5-12)23-17(20)14(13)8-19/h6-7,9,12H,3-5H2,1-2H3,(H2,20,23). The third-order valence-electron chi connectivity index (χ3n) is 4.77. The quantitative estimate of drug-likeness (QED) is 0.783. The summed E-state index contributed by atoms with van der Waals surface area (Å²) < 4.78 is 1.79. The van der Waals surface area contributed by atoms with E-state index < -0.39 is 0 Å². The molecule has 24 heavy (non-hydrogen) atoms. The van der Waals surface area contributed by atoms with Crippen LogP contribution in [0.25, 0.3) is 16.8 Å². The van der Waals surface area contributed by atoms with Crippen molar-refractivity contribution in [1.82, 2.24) is 19.6 Å². The number of nitrogens with zero attached hydrogens (tertiary/aromatic N) is 5. The third-order valence-corrected chi connectivity index (χ3v) is 4.77. The van der Waals surface area contributed by atoms with E-state index in [0.717, 1.165) is 46.7 Å². The topological polar surface area (TPSA) is 92.9 Å². The first kappa shape index (κ1) is 14.6. The molecule has 120 valence electrons. The largest absolute Gasteiger partial charge is 0.383 e. The number of fused-ring (bicyclic) bond motifs is 1. The Bertz CT molecular complexity index is 991. The van der Waals surface area contributed by atoms with E-state index in [4.69, 9.17) is 5.73 Å². The van der Waals surface area contributed by atoms with Crippen LogP contribution in [0.15, 0.2) is 18.3 Å². The lowest BCUT2D eigenvalue weighted by atomic mass is 9.82. The summed E-state index contributed by atoms with van der Waals surface area (Å²) in [5.74, 6) is 0.734. The zero-order chi connectivity index (χ0) is 16.8. The first-order valence-electron chi connectivity index (χ1n) is 8.11. The molecule has 3 aromatic heterocycles. The molecule has 6 heteroatoms. The number of nitrogen functional groups attached to an aromatic ring is 1. The average Bonchev–Trinajstić information content (AvgIpc) is 2.88. The summed E-state index contributed by atoms with van der Waals surface area (Å²) in [6.07, 6.45) is 5.24. The van der Waals surface area contributed by atoms with Gasteiger partial charge in [-0.25, -0.2) is 14.5 Å². The number of pyridine rings is 1. The van der Waals surface area contributed by atoms with Crippen LogP contribution in [-0.4, -0.2) is 19.6 Å². The monoisotopic (exact) mass is 318 g/mol. The van der Waals surface area contributed by atoms with E-state index in [-0.39, 0.29) is 0 Å². The summed E-state index contributed by atoms with van der Waals surface area (Å²) in [4.78, 5) is 9.08. The fourth-order valence-corrected chi connectivity index (χ4v) is 3.29. The number of aryl methyl sites for hydroxylation is 2. The number of aromatic nitrogens is 4. The number of nitriles is 1. The molecule has 6 nitrogen and oxygen atoms in total. The molecule has 0 atom stereocenters. The molecule has 1 saturated carbocycles. The maximum absolute atomic E-state index is 9.56. The lowest BCUT2D eigenvalue weighted by Gasteiger charge is -2.25. The van der Waals surface area contributed by atoms with E-state index >= 15 is 0 Å². The Kier molecular flexibility index (Phi) is 3.24. The highest BCUT2D eigenvalue weighted by Gasteiger charge is 2.24. The Morgan fingerprint density at radius 3 is 2.67 bits per heavy atom. The van der Waals surface area contributed by atoms with Crippen LogP contribution in [0.4, 0.5) is 5.82 Å². The van der Waals surface area contributed by atoms with E-state index in [1.165, 1.54) is 6.42 Å². The van der Waals surface area contributed by atoms with Gasteiger partial charge in [0.25, 0.3) is 0 Å². The van der Waals surface area contributed by atoms with Crippen molar-refractivity contribution in [2.24, 2.45) is 0 Å². The van der Waals surface area contributed by atoms with Crippen LogP contribution in [0.2, 0.25) is 0 Å². The average molecular weight is 318 g/mol. The fraction of sp³-hybridized carbons (Fsp3) is 0.333. The van der Waals surface area contributed by atoms with E-state index in [1.54, 1.807) is 10.7 Å². The molecule has 0 aromatic carbocycles. The van der Waals surface area contributed by atoms with Crippen LogP contribution < -0.4 is 5.73 Å². The Labute approximate surface area is 140 Å². The summed E-state index contributed by atoms with van der Waals surface area (Å²) >= 11 is 0. The molecule has 2 N–H and O–H groups in total. The molecular formula is C18H18N6. The Balaban J connectivity index is 1.99. The molecule has 1 aliphatic rings. The maximum atomic E-state index is 9.56. The van der Waals surface area contributed by atoms with E-state index in [9.17, 15) is 5.26 Å². The first-order chi connectivity index (χ1) is 11.6. The SMILES string of the molecule is Cc1cc(C)n2ncc(-c3cc(C4CCC4)nc(N)c3C#N)c2n1. The Morgan fingerprint density at radius 2 is 2.00 bits per heavy atom. The molecule has 1 fully saturated rings. The zero-order valence-corrected chi connectivity index (χ0v) is 13.7. The minimum atomic E-state index is 0.292. The highest BCUT2D eigenvalue weighted by molar-refractivity contribution is 5.84. The van der Waals surface area contributed by atoms with E-state index in [2.05, 4.69) is 21.1 Å². The first-order valence-corrected chi connectivity index (χ1v) is 8.11. The van der Waals surface area contributed by atoms with Crippen molar-refractivity contribution < 1.29 is 0 Å². The van der Waals surface area contributed by atoms with Gasteiger partial charge in [0.1, 0.15) is 17.5 Å². The molecule has 3 heterocycles. The van der Waals surface area contributed by atoms with Gasteiger partial charge in [-0.1, -0.05) is 6.42 Å². The van der Waals surface area contributed by atoms with Crippen LogP contribution in [-0.2, 0) is 0 Å². The molecule has 3 aromatic rings. The van der Waals surface area contributed by atoms with Crippen molar-refractivity contribution in [2.45, 2.75) is 39.0 Å². The van der Waals surface area contributed by atoms with Gasteiger partial charge < -0.3 is 5.73 Å². The van der Waals surface area contributed by atoms with Gasteiger partial charge >= 0.3 is 0 Å². The number of rotatable bonds is 2. The maximum Gasteiger partial charge on any atom is 0.163 e. The summed E-state index contributed by atoms with van der Waals surface area (Å²) in [5, 5.41) is 14.0. The lowest BCUT2D eigenvalue weighted by molar-refractivity contribution is 0.411. The molecule has 1 aliphatic carbocycles. The van der Waals surface area contributed by atoms with Crippen molar-refractivity contribution in [1.29, 1.82) is 5.26 Å². The molecule has 0 unspecified atom stereocenters. The summed E-state index contributed by atoms with van der Waals surface area (Å²) in [5.41, 5.74) is 11.7. The lowest BCUT2D eigenvalue weighted by Crippen LogP contribution is -2.12. The molecule has 0 amide bonds. The molecule has 4 rings (SSSR count). The van der Waals surface area contributed by atoms with E-state index in [0.29, 0.717) is 17.3 Å². The highest BCUT2D eigenvalue weighted by Crippen LogP contribution is 2.39. The number of hydrogen-bond donors (Lipinski definition) is 1. The van der Waals surface area contributed by atoms with Gasteiger partial charge in [0, 0.05) is 34.1 Å². The second kappa shape index (κ2) is 5.31. The molecule has 0 aliphatic heterocycles. The summed E-state index contributed by atoms with van der Waals surface area (Å²) in [6, 6.07) is 6.17. The number of hydrogen-bond acceptors (Lipinski definition) is 5. The molecule has 0 saturated heterocycles. The van der Waals surface area contributed by atoms with Crippen LogP contribution in [0.5, 0.6) is 0 Å². The third kappa shape index (κ3) is 2.13. The minimum absolute atomic E-state index is 0.292. The van der Waals surface area contributed by atoms with Gasteiger partial charge in [-0.3, -0.25) is 0 Å². The zero-order valence-electron chi connectivity index (χ0n) is 13.7. The van der Waals surface area contributed by atoms with Crippen molar-refractivity contribution in [2.75, 3.05) is 5.73 Å². The summed E-state index contributed by atoms with van der Waals surface area (Å²) in [6.45, 7) is 3.94. The molecular weight excluding hydrogens is 300 g/mol. The fourth-order valence-electron chi connectivity index (χ4n) is 3.29. The van der Waals surface area contributed by atoms with Crippen LogP contribution >= 0.6 is 0 Å². The second-order valence-corrected chi connectivity index (χ2v) is 6.43. The van der Waals surface area contributed by atoms with Gasteiger partial charge in [0.2, 0.25) is 0 Å². The highest BCUT2D eigenvalue weighted by atomic mass is 15.3. The van der Waals surface area contributed by atoms with Gasteiger partial charge in [-0.2, -0.15) is 10.4 Å². The van der Waals surface area contributed by atoms with E-state index in [1.807, 2.05) is 26.0 Å². The van der Waals surface area contributed by atoms with Crippen molar-refractivity contribution in [3.05, 3.63) is 41.0 Å². The van der Waals surface area contributed by atoms with Gasteiger partial charge in [-0.05, 0) is 38.8 Å². The van der Waals surface area contributed by atoms with Crippen LogP contribution in [0.1, 0.15) is 47.8 Å². The van der Waals surface area contributed by atoms with Crippen LogP contribution in [0, 0.1) is 25.2 Å². The Hall–Kier alpha value is -2.94. The summed E-state index contributed by atoms with van der Waals surface area (Å²) in [7, 11) is 0. The predicted molar refractivity (Wildman–Crippen MR) is 91.4 cm³/mol. The second-order valence-electron chi connectivity index (χ2n) is 6.43. The van der Waals surface area contributed by atoms with Crippen molar-refractivity contribution in [3.8, 4) is 17.2 Å². The normalized spacial score (nSPS) is 14.5. The predicted octanol–water partition coefficient (Wildman–Crippen LogP) is 3.13. The van der Waals surface area contributed by atoms with Gasteiger partial charge in [-0.15, -0.1) is 0 Å². The van der Waals surface area contributed by atoms with Crippen LogP contribution in [0.3, 0.4) is 0 Å². The molecule has 0 spiro atoms. The van der Waals surface area contributed by atoms with Crippen molar-refractivity contribution in [3.63, 3.8) is 0 Å². The van der Waals surface area contributed by atoms with Gasteiger partial charge in [0.15, 0.2) is 5.65 Å². The Morgan fingerprint density at radius 1 is 1.21 bits per heavy atom.